The topological polar surface area (TPSA) is 141 Å². The number of halogens is 1. The minimum absolute atomic E-state index is 0.0790. The second kappa shape index (κ2) is 14.0. The van der Waals surface area contributed by atoms with Gasteiger partial charge in [-0.3, -0.25) is 23.9 Å². The van der Waals surface area contributed by atoms with Gasteiger partial charge in [0, 0.05) is 44.2 Å². The van der Waals surface area contributed by atoms with Crippen molar-refractivity contribution in [3.05, 3.63) is 70.3 Å². The second-order valence-corrected chi connectivity index (χ2v) is 11.6. The monoisotopic (exact) mass is 635 g/mol. The van der Waals surface area contributed by atoms with Crippen molar-refractivity contribution in [2.75, 3.05) is 26.8 Å². The molecule has 2 aliphatic rings. The number of piperidine rings is 1. The third kappa shape index (κ3) is 7.64. The number of amides is 3. The van der Waals surface area contributed by atoms with Crippen LogP contribution in [-0.4, -0.2) is 77.1 Å². The predicted octanol–water partition coefficient (Wildman–Crippen LogP) is 2.66. The maximum Gasteiger partial charge on any atom is 0.258 e. The lowest BCUT2D eigenvalue weighted by Gasteiger charge is -2.39. The summed E-state index contributed by atoms with van der Waals surface area (Å²) in [6, 6.07) is 8.82. The number of methoxy groups -OCH3 is 1. The normalized spacial score (nSPS) is 18.9. The van der Waals surface area contributed by atoms with Crippen LogP contribution in [0.2, 0.25) is 0 Å². The molecule has 3 amide bonds. The average molecular weight is 636 g/mol. The van der Waals surface area contributed by atoms with Crippen LogP contribution in [0.1, 0.15) is 52.6 Å². The van der Waals surface area contributed by atoms with E-state index in [4.69, 9.17) is 14.2 Å². The smallest absolute Gasteiger partial charge is 0.258 e. The predicted molar refractivity (Wildman–Crippen MR) is 164 cm³/mol. The molecule has 0 spiro atoms. The van der Waals surface area contributed by atoms with E-state index < -0.39 is 23.9 Å². The lowest BCUT2D eigenvalue weighted by Crippen LogP contribution is -2.59. The van der Waals surface area contributed by atoms with Gasteiger partial charge in [-0.15, -0.1) is 0 Å². The van der Waals surface area contributed by atoms with E-state index in [9.17, 15) is 23.6 Å². The summed E-state index contributed by atoms with van der Waals surface area (Å²) in [5.74, 6) is -0.529. The third-order valence-corrected chi connectivity index (χ3v) is 8.20. The Morgan fingerprint density at radius 2 is 1.89 bits per heavy atom. The van der Waals surface area contributed by atoms with Crippen LogP contribution in [0.3, 0.4) is 0 Å². The standard InChI is InChI=1S/C33H38FN5O7/c1-19-33(21(3)40)20(2)39(37-19)17-32(43)38-10-9-27-26(16-38)36-31(42)18-45-29-13-22(5-7-28(29)44-4)6-8-30(41)35-15-23-11-24(34)14-25(12-23)46-27/h5,7,11-14,26-27H,6,8-10,15-18H2,1-4H3,(H,35,41)(H,36,42)/t26-,27-/m1/s1. The van der Waals surface area contributed by atoms with Gasteiger partial charge in [0.2, 0.25) is 11.8 Å². The van der Waals surface area contributed by atoms with Crippen LogP contribution in [0.15, 0.2) is 36.4 Å². The van der Waals surface area contributed by atoms with Crippen LogP contribution in [0, 0.1) is 19.7 Å². The minimum atomic E-state index is -0.666. The van der Waals surface area contributed by atoms with Gasteiger partial charge in [0.25, 0.3) is 5.91 Å². The first-order valence-electron chi connectivity index (χ1n) is 15.1. The number of carbonyl (C=O) groups is 4. The number of ketones is 1. The Morgan fingerprint density at radius 3 is 2.63 bits per heavy atom. The molecular formula is C33H38FN5O7. The molecule has 244 valence electrons. The van der Waals surface area contributed by atoms with Crippen molar-refractivity contribution < 1.29 is 37.8 Å². The molecule has 4 bridgehead atoms. The molecule has 3 heterocycles. The van der Waals surface area contributed by atoms with E-state index in [0.717, 1.165) is 5.56 Å². The molecule has 3 aromatic rings. The van der Waals surface area contributed by atoms with Gasteiger partial charge < -0.3 is 29.7 Å². The van der Waals surface area contributed by atoms with Crippen molar-refractivity contribution in [2.45, 2.75) is 65.3 Å². The Morgan fingerprint density at radius 1 is 1.09 bits per heavy atom. The summed E-state index contributed by atoms with van der Waals surface area (Å²) in [5.41, 5.74) is 2.99. The van der Waals surface area contributed by atoms with Crippen molar-refractivity contribution in [2.24, 2.45) is 0 Å². The number of hydrogen-bond donors (Lipinski definition) is 2. The highest BCUT2D eigenvalue weighted by atomic mass is 19.1. The van der Waals surface area contributed by atoms with Crippen LogP contribution in [0.25, 0.3) is 0 Å². The highest BCUT2D eigenvalue weighted by Gasteiger charge is 2.35. The number of ether oxygens (including phenoxy) is 3. The molecule has 1 saturated heterocycles. The molecule has 13 heteroatoms. The van der Waals surface area contributed by atoms with E-state index in [-0.39, 0.29) is 56.0 Å². The van der Waals surface area contributed by atoms with Crippen LogP contribution < -0.4 is 24.8 Å². The number of hydrogen-bond acceptors (Lipinski definition) is 8. The lowest BCUT2D eigenvalue weighted by molar-refractivity contribution is -0.136. The molecule has 2 aliphatic heterocycles. The number of aryl methyl sites for hydroxylation is 2. The molecule has 12 nitrogen and oxygen atoms in total. The number of nitrogens with one attached hydrogen (secondary N) is 2. The third-order valence-electron chi connectivity index (χ3n) is 8.20. The fraction of sp³-hybridized carbons (Fsp3) is 0.424. The highest BCUT2D eigenvalue weighted by Crippen LogP contribution is 2.29. The fourth-order valence-corrected chi connectivity index (χ4v) is 5.92. The highest BCUT2D eigenvalue weighted by molar-refractivity contribution is 5.96. The molecular weight excluding hydrogens is 597 g/mol. The summed E-state index contributed by atoms with van der Waals surface area (Å²) in [7, 11) is 1.49. The maximum absolute atomic E-state index is 14.6. The molecule has 0 aliphatic carbocycles. The van der Waals surface area contributed by atoms with E-state index in [0.29, 0.717) is 53.4 Å². The summed E-state index contributed by atoms with van der Waals surface area (Å²) < 4.78 is 33.6. The van der Waals surface area contributed by atoms with Crippen molar-refractivity contribution >= 4 is 23.5 Å². The van der Waals surface area contributed by atoms with Gasteiger partial charge in [0.05, 0.1) is 24.4 Å². The molecule has 5 rings (SSSR count). The molecule has 2 N–H and O–H groups in total. The molecule has 1 aromatic heterocycles. The van der Waals surface area contributed by atoms with Crippen molar-refractivity contribution in [1.29, 1.82) is 0 Å². The summed E-state index contributed by atoms with van der Waals surface area (Å²) >= 11 is 0. The van der Waals surface area contributed by atoms with Gasteiger partial charge >= 0.3 is 0 Å². The first kappa shape index (κ1) is 32.5. The van der Waals surface area contributed by atoms with Crippen LogP contribution in [-0.2, 0) is 33.9 Å². The first-order valence-corrected chi connectivity index (χ1v) is 15.1. The number of carbonyl (C=O) groups excluding carboxylic acids is 4. The number of likely N-dealkylation sites (tertiary alicyclic amines) is 1. The second-order valence-electron chi connectivity index (χ2n) is 11.6. The quantitative estimate of drug-likeness (QED) is 0.417. The van der Waals surface area contributed by atoms with E-state index in [1.54, 1.807) is 36.9 Å². The summed E-state index contributed by atoms with van der Waals surface area (Å²) in [4.78, 5) is 52.9. The van der Waals surface area contributed by atoms with Crippen molar-refractivity contribution in [3.63, 3.8) is 0 Å². The summed E-state index contributed by atoms with van der Waals surface area (Å²) in [5, 5.41) is 10.2. The van der Waals surface area contributed by atoms with Crippen molar-refractivity contribution in [1.82, 2.24) is 25.3 Å². The maximum atomic E-state index is 14.6. The largest absolute Gasteiger partial charge is 0.493 e. The average Bonchev–Trinajstić information content (AvgIpc) is 3.30. The molecule has 0 unspecified atom stereocenters. The van der Waals surface area contributed by atoms with Gasteiger partial charge in [-0.2, -0.15) is 5.10 Å². The minimum Gasteiger partial charge on any atom is -0.493 e. The Balaban J connectivity index is 1.39. The fourth-order valence-electron chi connectivity index (χ4n) is 5.92. The van der Waals surface area contributed by atoms with Gasteiger partial charge in [-0.25, -0.2) is 4.39 Å². The number of rotatable bonds is 4. The zero-order chi connectivity index (χ0) is 33.0. The van der Waals surface area contributed by atoms with Gasteiger partial charge in [-0.05, 0) is 62.6 Å². The van der Waals surface area contributed by atoms with E-state index in [1.165, 1.54) is 30.8 Å². The Kier molecular flexibility index (Phi) is 9.88. The van der Waals surface area contributed by atoms with E-state index in [1.807, 2.05) is 6.07 Å². The Bertz CT molecular complexity index is 1660. The number of nitrogens with zero attached hydrogens (tertiary/aromatic N) is 3. The number of Topliss-reactive ketones (excluding diaryl/α,β-unsaturated/α-hetero) is 1. The molecule has 46 heavy (non-hydrogen) atoms. The molecule has 2 atom stereocenters. The first-order chi connectivity index (χ1) is 22.0. The molecule has 2 aromatic carbocycles. The van der Waals surface area contributed by atoms with Gasteiger partial charge in [0.15, 0.2) is 23.9 Å². The van der Waals surface area contributed by atoms with E-state index in [2.05, 4.69) is 15.7 Å². The zero-order valence-corrected chi connectivity index (χ0v) is 26.4. The SMILES string of the molecule is COc1ccc2cc1OCC(=O)N[C@@H]1CN(C(=O)Cn3nc(C)c(C(C)=O)c3C)CC[C@H]1Oc1cc(F)cc(c1)CNC(=O)CC2. The van der Waals surface area contributed by atoms with Crippen molar-refractivity contribution in [3.8, 4) is 17.2 Å². The number of benzene rings is 2. The molecule has 1 fully saturated rings. The number of aromatic nitrogens is 2. The Hall–Kier alpha value is -4.94. The number of fused-ring (bicyclic) bond motifs is 5. The van der Waals surface area contributed by atoms with E-state index >= 15 is 0 Å². The van der Waals surface area contributed by atoms with Gasteiger partial charge in [0.1, 0.15) is 24.2 Å². The van der Waals surface area contributed by atoms with Gasteiger partial charge in [-0.1, -0.05) is 6.07 Å². The Labute approximate surface area is 266 Å². The zero-order valence-electron chi connectivity index (χ0n) is 26.4. The van der Waals surface area contributed by atoms with Crippen LogP contribution in [0.4, 0.5) is 4.39 Å². The summed E-state index contributed by atoms with van der Waals surface area (Å²) in [6.45, 7) is 5.05. The summed E-state index contributed by atoms with van der Waals surface area (Å²) in [6.07, 6.45) is 0.344. The molecule has 0 radical (unpaired) electrons. The van der Waals surface area contributed by atoms with Crippen LogP contribution in [0.5, 0.6) is 17.2 Å². The molecule has 0 saturated carbocycles. The lowest BCUT2D eigenvalue weighted by atomic mass is 10.0. The van der Waals surface area contributed by atoms with Crippen LogP contribution >= 0.6 is 0 Å².